The third-order valence-corrected chi connectivity index (χ3v) is 3.78. The van der Waals surface area contributed by atoms with Crippen LogP contribution < -0.4 is 5.43 Å². The van der Waals surface area contributed by atoms with E-state index in [4.69, 9.17) is 4.74 Å². The number of carbonyl (C=O) groups excluding carboxylic acids is 2. The fraction of sp³-hybridized carbons (Fsp3) is 0.444. The molecule has 1 aromatic rings. The van der Waals surface area contributed by atoms with Crippen molar-refractivity contribution in [2.45, 2.75) is 45.8 Å². The molecule has 1 aromatic carbocycles. The van der Waals surface area contributed by atoms with E-state index in [1.54, 1.807) is 5.01 Å². The second-order valence-electron chi connectivity index (χ2n) is 7.05. The third-order valence-electron chi connectivity index (χ3n) is 3.78. The standard InChI is InChI=1S/C18H24N2O3/c1-13-6-8-15(9-7-13)18(5)10-14(12-21)11-20(18)19-16(22)23-17(2,3)4/h6-10,12H,11H2,1-5H3,(H,19,22)/t18-/m1/s1. The molecule has 0 saturated carbocycles. The Balaban J connectivity index is 2.26. The van der Waals surface area contributed by atoms with Crippen molar-refractivity contribution >= 4 is 12.4 Å². The van der Waals surface area contributed by atoms with Crippen molar-refractivity contribution in [3.63, 3.8) is 0 Å². The maximum absolute atomic E-state index is 12.1. The van der Waals surface area contributed by atoms with Crippen LogP contribution in [0.4, 0.5) is 4.79 Å². The molecule has 1 heterocycles. The molecule has 0 spiro atoms. The number of nitrogens with zero attached hydrogens (tertiary/aromatic N) is 1. The largest absolute Gasteiger partial charge is 0.443 e. The van der Waals surface area contributed by atoms with Crippen molar-refractivity contribution in [1.82, 2.24) is 10.4 Å². The molecule has 1 N–H and O–H groups in total. The van der Waals surface area contributed by atoms with Crippen molar-refractivity contribution in [3.05, 3.63) is 47.0 Å². The average Bonchev–Trinajstić information content (AvgIpc) is 2.75. The summed E-state index contributed by atoms with van der Waals surface area (Å²) in [7, 11) is 0. The monoisotopic (exact) mass is 316 g/mol. The van der Waals surface area contributed by atoms with E-state index in [2.05, 4.69) is 5.43 Å². The number of aldehydes is 1. The van der Waals surface area contributed by atoms with Gasteiger partial charge < -0.3 is 4.74 Å². The van der Waals surface area contributed by atoms with Gasteiger partial charge in [-0.1, -0.05) is 35.9 Å². The van der Waals surface area contributed by atoms with E-state index in [1.807, 2.05) is 65.0 Å². The molecule has 23 heavy (non-hydrogen) atoms. The molecule has 0 saturated heterocycles. The Morgan fingerprint density at radius 3 is 2.43 bits per heavy atom. The maximum Gasteiger partial charge on any atom is 0.422 e. The summed E-state index contributed by atoms with van der Waals surface area (Å²) in [6.45, 7) is 9.75. The van der Waals surface area contributed by atoms with Crippen LogP contribution in [0.25, 0.3) is 0 Å². The van der Waals surface area contributed by atoms with Crippen LogP contribution in [-0.4, -0.2) is 29.5 Å². The van der Waals surface area contributed by atoms with Gasteiger partial charge in [0.25, 0.3) is 0 Å². The zero-order chi connectivity index (χ0) is 17.3. The molecule has 0 aromatic heterocycles. The Hall–Kier alpha value is -2.14. The predicted molar refractivity (Wildman–Crippen MR) is 88.8 cm³/mol. The highest BCUT2D eigenvalue weighted by atomic mass is 16.6. The minimum Gasteiger partial charge on any atom is -0.443 e. The molecule has 1 aliphatic heterocycles. The minimum absolute atomic E-state index is 0.340. The number of benzene rings is 1. The Bertz CT molecular complexity index is 629. The average molecular weight is 316 g/mol. The second-order valence-corrected chi connectivity index (χ2v) is 7.05. The maximum atomic E-state index is 12.1. The number of nitrogens with one attached hydrogen (secondary N) is 1. The quantitative estimate of drug-likeness (QED) is 0.871. The first-order valence-electron chi connectivity index (χ1n) is 7.65. The molecule has 0 unspecified atom stereocenters. The highest BCUT2D eigenvalue weighted by molar-refractivity contribution is 5.76. The fourth-order valence-electron chi connectivity index (χ4n) is 2.60. The van der Waals surface area contributed by atoms with Crippen LogP contribution in [0.5, 0.6) is 0 Å². The van der Waals surface area contributed by atoms with Crippen molar-refractivity contribution < 1.29 is 14.3 Å². The number of ether oxygens (including phenoxy) is 1. The van der Waals surface area contributed by atoms with Crippen LogP contribution in [0.2, 0.25) is 0 Å². The Morgan fingerprint density at radius 1 is 1.30 bits per heavy atom. The first-order valence-corrected chi connectivity index (χ1v) is 7.65. The van der Waals surface area contributed by atoms with Crippen LogP contribution in [0, 0.1) is 6.92 Å². The molecule has 1 atom stereocenters. The minimum atomic E-state index is -0.596. The van der Waals surface area contributed by atoms with Crippen molar-refractivity contribution in [1.29, 1.82) is 0 Å². The SMILES string of the molecule is Cc1ccc([C@@]2(C)C=C(C=O)CN2NC(=O)OC(C)(C)C)cc1. The first kappa shape index (κ1) is 17.2. The van der Waals surface area contributed by atoms with Gasteiger partial charge in [0.2, 0.25) is 0 Å². The van der Waals surface area contributed by atoms with E-state index in [9.17, 15) is 9.59 Å². The summed E-state index contributed by atoms with van der Waals surface area (Å²) in [6, 6.07) is 8.03. The zero-order valence-electron chi connectivity index (χ0n) is 14.3. The lowest BCUT2D eigenvalue weighted by Gasteiger charge is -2.35. The van der Waals surface area contributed by atoms with Gasteiger partial charge in [0.15, 0.2) is 0 Å². The lowest BCUT2D eigenvalue weighted by molar-refractivity contribution is -0.105. The summed E-state index contributed by atoms with van der Waals surface area (Å²) < 4.78 is 5.31. The normalized spacial score (nSPS) is 21.7. The number of hydrogen-bond donors (Lipinski definition) is 1. The van der Waals surface area contributed by atoms with E-state index >= 15 is 0 Å². The molecule has 1 amide bonds. The molecular formula is C18H24N2O3. The van der Waals surface area contributed by atoms with E-state index in [0.29, 0.717) is 12.1 Å². The molecule has 0 radical (unpaired) electrons. The Kier molecular flexibility index (Phi) is 4.61. The highest BCUT2D eigenvalue weighted by Crippen LogP contribution is 2.35. The lowest BCUT2D eigenvalue weighted by atomic mass is 9.91. The highest BCUT2D eigenvalue weighted by Gasteiger charge is 2.39. The van der Waals surface area contributed by atoms with E-state index in [0.717, 1.165) is 17.4 Å². The summed E-state index contributed by atoms with van der Waals surface area (Å²) in [5.41, 5.74) is 4.37. The molecule has 2 rings (SSSR count). The van der Waals surface area contributed by atoms with Crippen molar-refractivity contribution in [3.8, 4) is 0 Å². The van der Waals surface area contributed by atoms with E-state index < -0.39 is 17.2 Å². The molecule has 0 fully saturated rings. The smallest absolute Gasteiger partial charge is 0.422 e. The van der Waals surface area contributed by atoms with Crippen molar-refractivity contribution in [2.24, 2.45) is 0 Å². The van der Waals surface area contributed by atoms with Crippen LogP contribution in [0.15, 0.2) is 35.9 Å². The summed E-state index contributed by atoms with van der Waals surface area (Å²) in [5.74, 6) is 0. The van der Waals surface area contributed by atoms with Gasteiger partial charge in [0.05, 0.1) is 5.54 Å². The van der Waals surface area contributed by atoms with Gasteiger partial charge in [-0.3, -0.25) is 10.2 Å². The van der Waals surface area contributed by atoms with Gasteiger partial charge in [0.1, 0.15) is 11.9 Å². The van der Waals surface area contributed by atoms with E-state index in [1.165, 1.54) is 0 Å². The Labute approximate surface area is 137 Å². The van der Waals surface area contributed by atoms with Crippen molar-refractivity contribution in [2.75, 3.05) is 6.54 Å². The predicted octanol–water partition coefficient (Wildman–Crippen LogP) is 3.09. The van der Waals surface area contributed by atoms with Crippen LogP contribution in [0.3, 0.4) is 0 Å². The first-order chi connectivity index (χ1) is 10.6. The van der Waals surface area contributed by atoms with Gasteiger partial charge in [0, 0.05) is 12.1 Å². The number of hydrazine groups is 1. The topological polar surface area (TPSA) is 58.6 Å². The fourth-order valence-corrected chi connectivity index (χ4v) is 2.60. The number of hydrogen-bond acceptors (Lipinski definition) is 4. The van der Waals surface area contributed by atoms with Gasteiger partial charge >= 0.3 is 6.09 Å². The molecule has 124 valence electrons. The molecule has 5 nitrogen and oxygen atoms in total. The Morgan fingerprint density at radius 2 is 1.91 bits per heavy atom. The molecule has 0 bridgehead atoms. The van der Waals surface area contributed by atoms with E-state index in [-0.39, 0.29) is 0 Å². The summed E-state index contributed by atoms with van der Waals surface area (Å²) in [5, 5.41) is 1.73. The van der Waals surface area contributed by atoms with Crippen LogP contribution in [0.1, 0.15) is 38.8 Å². The summed E-state index contributed by atoms with van der Waals surface area (Å²) >= 11 is 0. The molecule has 5 heteroatoms. The number of aryl methyl sites for hydroxylation is 1. The van der Waals surface area contributed by atoms with Gasteiger partial charge in [-0.2, -0.15) is 5.01 Å². The lowest BCUT2D eigenvalue weighted by Crippen LogP contribution is -2.52. The second kappa shape index (κ2) is 6.16. The number of rotatable bonds is 3. The summed E-state index contributed by atoms with van der Waals surface area (Å²) in [4.78, 5) is 23.3. The van der Waals surface area contributed by atoms with Crippen LogP contribution >= 0.6 is 0 Å². The molecule has 1 aliphatic rings. The van der Waals surface area contributed by atoms with Gasteiger partial charge in [-0.05, 0) is 40.2 Å². The van der Waals surface area contributed by atoms with Gasteiger partial charge in [-0.25, -0.2) is 4.79 Å². The number of carbonyl (C=O) groups is 2. The zero-order valence-corrected chi connectivity index (χ0v) is 14.3. The molecule has 0 aliphatic carbocycles. The summed E-state index contributed by atoms with van der Waals surface area (Å²) in [6.07, 6.45) is 2.17. The third kappa shape index (κ3) is 3.99. The van der Waals surface area contributed by atoms with Crippen LogP contribution in [-0.2, 0) is 15.1 Å². The van der Waals surface area contributed by atoms with Gasteiger partial charge in [-0.15, -0.1) is 0 Å². The molecular weight excluding hydrogens is 292 g/mol. The number of amides is 1.